The number of ether oxygens (including phenoxy) is 1. The fourth-order valence-electron chi connectivity index (χ4n) is 1.19. The summed E-state index contributed by atoms with van der Waals surface area (Å²) in [5, 5.41) is 3.14. The van der Waals surface area contributed by atoms with Crippen LogP contribution in [0.15, 0.2) is 24.3 Å². The van der Waals surface area contributed by atoms with Gasteiger partial charge in [0.15, 0.2) is 0 Å². The molecule has 0 amide bonds. The van der Waals surface area contributed by atoms with Gasteiger partial charge in [-0.25, -0.2) is 0 Å². The molecule has 3 heteroatoms. The van der Waals surface area contributed by atoms with Crippen LogP contribution in [0.4, 0.5) is 0 Å². The molecule has 0 bridgehead atoms. The van der Waals surface area contributed by atoms with Crippen molar-refractivity contribution in [2.45, 2.75) is 26.5 Å². The number of nitrogens with one attached hydrogen (secondary N) is 1. The van der Waals surface area contributed by atoms with Crippen molar-refractivity contribution in [1.82, 2.24) is 5.32 Å². The van der Waals surface area contributed by atoms with Gasteiger partial charge in [-0.2, -0.15) is 0 Å². The molecule has 1 rings (SSSR count). The molecule has 1 aromatic heterocycles. The minimum atomic E-state index is 0.724. The number of rotatable bonds is 7. The topological polar surface area (TPSA) is 21.3 Å². The van der Waals surface area contributed by atoms with Crippen molar-refractivity contribution in [3.8, 4) is 0 Å². The van der Waals surface area contributed by atoms with Gasteiger partial charge in [0.05, 0.1) is 13.2 Å². The van der Waals surface area contributed by atoms with Crippen LogP contribution < -0.4 is 5.32 Å². The summed E-state index contributed by atoms with van der Waals surface area (Å²) in [7, 11) is 1.96. The highest BCUT2D eigenvalue weighted by Gasteiger charge is 1.99. The third-order valence-corrected chi connectivity index (χ3v) is 3.04. The van der Waals surface area contributed by atoms with Crippen molar-refractivity contribution >= 4 is 11.3 Å². The van der Waals surface area contributed by atoms with Crippen molar-refractivity contribution in [1.29, 1.82) is 0 Å². The molecule has 0 saturated carbocycles. The zero-order chi connectivity index (χ0) is 11.1. The molecule has 1 N–H and O–H groups in total. The smallest absolute Gasteiger partial charge is 0.0809 e. The van der Waals surface area contributed by atoms with E-state index in [2.05, 4.69) is 24.0 Å². The standard InChI is InChI=1S/C12H19NOS/c1-10(2)6-7-14-9-12-5-4-11(15-12)8-13-3/h4-5,13H,1,6-9H2,2-3H3. The first-order valence-corrected chi connectivity index (χ1v) is 5.98. The van der Waals surface area contributed by atoms with Gasteiger partial charge >= 0.3 is 0 Å². The van der Waals surface area contributed by atoms with E-state index in [1.54, 1.807) is 11.3 Å². The lowest BCUT2D eigenvalue weighted by Gasteiger charge is -2.01. The highest BCUT2D eigenvalue weighted by molar-refractivity contribution is 7.11. The molecular formula is C12H19NOS. The van der Waals surface area contributed by atoms with Gasteiger partial charge in [-0.15, -0.1) is 17.9 Å². The second kappa shape index (κ2) is 6.77. The SMILES string of the molecule is C=C(C)CCOCc1ccc(CNC)s1. The zero-order valence-corrected chi connectivity index (χ0v) is 10.3. The Kier molecular flexibility index (Phi) is 5.61. The predicted octanol–water partition coefficient (Wildman–Crippen LogP) is 2.95. The van der Waals surface area contributed by atoms with Crippen LogP contribution in [0.2, 0.25) is 0 Å². The second-order valence-corrected chi connectivity index (χ2v) is 4.91. The van der Waals surface area contributed by atoms with E-state index in [4.69, 9.17) is 4.74 Å². The van der Waals surface area contributed by atoms with Crippen LogP contribution in [-0.4, -0.2) is 13.7 Å². The van der Waals surface area contributed by atoms with E-state index in [1.807, 2.05) is 14.0 Å². The molecule has 1 heterocycles. The summed E-state index contributed by atoms with van der Waals surface area (Å²) in [6.07, 6.45) is 0.953. The van der Waals surface area contributed by atoms with E-state index in [1.165, 1.54) is 15.3 Å². The zero-order valence-electron chi connectivity index (χ0n) is 9.51. The van der Waals surface area contributed by atoms with E-state index in [0.717, 1.165) is 26.2 Å². The van der Waals surface area contributed by atoms with Crippen molar-refractivity contribution in [3.05, 3.63) is 34.0 Å². The Labute approximate surface area is 96.0 Å². The highest BCUT2D eigenvalue weighted by atomic mass is 32.1. The normalized spacial score (nSPS) is 10.5. The van der Waals surface area contributed by atoms with Crippen molar-refractivity contribution in [2.75, 3.05) is 13.7 Å². The lowest BCUT2D eigenvalue weighted by molar-refractivity contribution is 0.126. The Balaban J connectivity index is 2.22. The first kappa shape index (κ1) is 12.4. The van der Waals surface area contributed by atoms with Gasteiger partial charge in [0.25, 0.3) is 0 Å². The van der Waals surface area contributed by atoms with Gasteiger partial charge in [-0.3, -0.25) is 0 Å². The molecule has 0 aliphatic heterocycles. The number of thiophene rings is 1. The maximum atomic E-state index is 5.55. The van der Waals surface area contributed by atoms with Crippen LogP contribution in [0, 0.1) is 0 Å². The lowest BCUT2D eigenvalue weighted by atomic mass is 10.3. The monoisotopic (exact) mass is 225 g/mol. The Morgan fingerprint density at radius 1 is 1.47 bits per heavy atom. The molecule has 1 aromatic rings. The summed E-state index contributed by atoms with van der Waals surface area (Å²) in [5.74, 6) is 0. The first-order chi connectivity index (χ1) is 7.22. The van der Waals surface area contributed by atoms with Crippen molar-refractivity contribution in [2.24, 2.45) is 0 Å². The minimum absolute atomic E-state index is 0.724. The average molecular weight is 225 g/mol. The van der Waals surface area contributed by atoms with E-state index in [-0.39, 0.29) is 0 Å². The quantitative estimate of drug-likeness (QED) is 0.569. The first-order valence-electron chi connectivity index (χ1n) is 5.16. The Morgan fingerprint density at radius 2 is 2.20 bits per heavy atom. The summed E-state index contributed by atoms with van der Waals surface area (Å²) in [6, 6.07) is 4.29. The van der Waals surface area contributed by atoms with E-state index < -0.39 is 0 Å². The van der Waals surface area contributed by atoms with Crippen LogP contribution in [0.3, 0.4) is 0 Å². The summed E-state index contributed by atoms with van der Waals surface area (Å²) < 4.78 is 5.55. The maximum Gasteiger partial charge on any atom is 0.0809 e. The van der Waals surface area contributed by atoms with Crippen LogP contribution in [0.25, 0.3) is 0 Å². The predicted molar refractivity (Wildman–Crippen MR) is 66.2 cm³/mol. The van der Waals surface area contributed by atoms with E-state index in [0.29, 0.717) is 0 Å². The molecular weight excluding hydrogens is 206 g/mol. The van der Waals surface area contributed by atoms with Gasteiger partial charge < -0.3 is 10.1 Å². The summed E-state index contributed by atoms with van der Waals surface area (Å²) >= 11 is 1.81. The van der Waals surface area contributed by atoms with Crippen LogP contribution in [0.1, 0.15) is 23.1 Å². The molecule has 2 nitrogen and oxygen atoms in total. The number of hydrogen-bond acceptors (Lipinski definition) is 3. The van der Waals surface area contributed by atoms with Gasteiger partial charge in [-0.1, -0.05) is 5.57 Å². The van der Waals surface area contributed by atoms with E-state index in [9.17, 15) is 0 Å². The largest absolute Gasteiger partial charge is 0.376 e. The molecule has 0 aromatic carbocycles. The van der Waals surface area contributed by atoms with Crippen molar-refractivity contribution < 1.29 is 4.74 Å². The molecule has 0 fully saturated rings. The molecule has 84 valence electrons. The highest BCUT2D eigenvalue weighted by Crippen LogP contribution is 2.17. The molecule has 0 aliphatic carbocycles. The van der Waals surface area contributed by atoms with Crippen LogP contribution in [-0.2, 0) is 17.9 Å². The van der Waals surface area contributed by atoms with Crippen molar-refractivity contribution in [3.63, 3.8) is 0 Å². The van der Waals surface area contributed by atoms with E-state index >= 15 is 0 Å². The fourth-order valence-corrected chi connectivity index (χ4v) is 2.16. The van der Waals surface area contributed by atoms with Gasteiger partial charge in [-0.05, 0) is 32.5 Å². The van der Waals surface area contributed by atoms with Gasteiger partial charge in [0, 0.05) is 16.3 Å². The summed E-state index contributed by atoms with van der Waals surface area (Å²) in [6.45, 7) is 8.31. The average Bonchev–Trinajstić information content (AvgIpc) is 2.61. The molecule has 0 aliphatic rings. The third kappa shape index (κ3) is 5.11. The third-order valence-electron chi connectivity index (χ3n) is 1.99. The Morgan fingerprint density at radius 3 is 2.87 bits per heavy atom. The second-order valence-electron chi connectivity index (χ2n) is 3.66. The lowest BCUT2D eigenvalue weighted by Crippen LogP contribution is -2.02. The molecule has 0 spiro atoms. The van der Waals surface area contributed by atoms with Crippen LogP contribution in [0.5, 0.6) is 0 Å². The maximum absolute atomic E-state index is 5.55. The minimum Gasteiger partial charge on any atom is -0.376 e. The van der Waals surface area contributed by atoms with Gasteiger partial charge in [0.1, 0.15) is 0 Å². The molecule has 0 saturated heterocycles. The molecule has 0 atom stereocenters. The Bertz CT molecular complexity index is 306. The number of hydrogen-bond donors (Lipinski definition) is 1. The molecule has 0 unspecified atom stereocenters. The van der Waals surface area contributed by atoms with Crippen LogP contribution >= 0.6 is 11.3 Å². The van der Waals surface area contributed by atoms with Gasteiger partial charge in [0.2, 0.25) is 0 Å². The molecule has 15 heavy (non-hydrogen) atoms. The Hall–Kier alpha value is -0.640. The summed E-state index contributed by atoms with van der Waals surface area (Å²) in [5.41, 5.74) is 1.18. The molecule has 0 radical (unpaired) electrons. The summed E-state index contributed by atoms with van der Waals surface area (Å²) in [4.78, 5) is 2.65. The fraction of sp³-hybridized carbons (Fsp3) is 0.500.